The molecule has 2 atom stereocenters. The number of halogens is 4. The average molecular weight is 370 g/mol. The maximum absolute atomic E-state index is 14.1. The molecule has 6 heteroatoms. The zero-order valence-electron chi connectivity index (χ0n) is 12.9. The van der Waals surface area contributed by atoms with Crippen LogP contribution in [0.15, 0.2) is 36.4 Å². The van der Waals surface area contributed by atoms with E-state index in [2.05, 4.69) is 5.32 Å². The highest BCUT2D eigenvalue weighted by molar-refractivity contribution is 6.42. The van der Waals surface area contributed by atoms with Gasteiger partial charge < -0.3 is 5.32 Å². The molecule has 1 N–H and O–H groups in total. The molecule has 1 saturated carbocycles. The lowest BCUT2D eigenvalue weighted by Gasteiger charge is -2.19. The number of carbonyl (C=O) groups excluding carboxylic acids is 1. The minimum atomic E-state index is -0.612. The highest BCUT2D eigenvalue weighted by Crippen LogP contribution is 2.54. The molecule has 0 radical (unpaired) electrons. The Kier molecular flexibility index (Phi) is 4.54. The summed E-state index contributed by atoms with van der Waals surface area (Å²) in [7, 11) is 0. The molecule has 2 aromatic carbocycles. The summed E-state index contributed by atoms with van der Waals surface area (Å²) < 4.78 is 27.2. The van der Waals surface area contributed by atoms with Crippen molar-refractivity contribution >= 4 is 29.1 Å². The van der Waals surface area contributed by atoms with Crippen molar-refractivity contribution in [3.8, 4) is 0 Å². The van der Waals surface area contributed by atoms with Gasteiger partial charge in [-0.2, -0.15) is 0 Å². The SMILES string of the molecule is CC1CC1(CNC(=O)c1ccc(Cl)c(Cl)c1)c1ccc(F)cc1F. The van der Waals surface area contributed by atoms with Crippen molar-refractivity contribution in [2.45, 2.75) is 18.8 Å². The lowest BCUT2D eigenvalue weighted by molar-refractivity contribution is 0.0949. The minimum Gasteiger partial charge on any atom is -0.351 e. The van der Waals surface area contributed by atoms with Gasteiger partial charge in [-0.3, -0.25) is 4.79 Å². The van der Waals surface area contributed by atoms with Crippen molar-refractivity contribution in [3.63, 3.8) is 0 Å². The van der Waals surface area contributed by atoms with E-state index in [0.717, 1.165) is 12.5 Å². The summed E-state index contributed by atoms with van der Waals surface area (Å²) in [5.74, 6) is -1.30. The summed E-state index contributed by atoms with van der Waals surface area (Å²) in [6.07, 6.45) is 0.733. The molecule has 1 aliphatic rings. The van der Waals surface area contributed by atoms with Crippen molar-refractivity contribution < 1.29 is 13.6 Å². The minimum absolute atomic E-state index is 0.201. The van der Waals surface area contributed by atoms with E-state index in [1.807, 2.05) is 6.92 Å². The third-order valence-electron chi connectivity index (χ3n) is 4.67. The summed E-state index contributed by atoms with van der Waals surface area (Å²) in [5.41, 5.74) is 0.321. The van der Waals surface area contributed by atoms with Crippen LogP contribution in [0.4, 0.5) is 8.78 Å². The molecule has 2 aromatic rings. The van der Waals surface area contributed by atoms with Gasteiger partial charge in [-0.1, -0.05) is 36.2 Å². The largest absolute Gasteiger partial charge is 0.351 e. The topological polar surface area (TPSA) is 29.1 Å². The van der Waals surface area contributed by atoms with E-state index in [1.165, 1.54) is 18.2 Å². The van der Waals surface area contributed by atoms with Crippen molar-refractivity contribution in [1.82, 2.24) is 5.32 Å². The Hall–Kier alpha value is -1.65. The van der Waals surface area contributed by atoms with Crippen molar-refractivity contribution in [2.24, 2.45) is 5.92 Å². The first-order chi connectivity index (χ1) is 11.3. The number of benzene rings is 2. The predicted octanol–water partition coefficient (Wildman–Crippen LogP) is 4.98. The number of rotatable bonds is 4. The Bertz CT molecular complexity index is 812. The van der Waals surface area contributed by atoms with Crippen LogP contribution < -0.4 is 5.32 Å². The van der Waals surface area contributed by atoms with Gasteiger partial charge in [0.15, 0.2) is 0 Å². The van der Waals surface area contributed by atoms with Crippen LogP contribution in [-0.2, 0) is 5.41 Å². The van der Waals surface area contributed by atoms with Gasteiger partial charge in [-0.25, -0.2) is 8.78 Å². The predicted molar refractivity (Wildman–Crippen MR) is 90.6 cm³/mol. The van der Waals surface area contributed by atoms with Crippen LogP contribution in [0, 0.1) is 17.6 Å². The summed E-state index contributed by atoms with van der Waals surface area (Å²) in [6, 6.07) is 8.19. The molecule has 2 nitrogen and oxygen atoms in total. The van der Waals surface area contributed by atoms with Crippen molar-refractivity contribution in [2.75, 3.05) is 6.54 Å². The van der Waals surface area contributed by atoms with Crippen LogP contribution in [0.3, 0.4) is 0 Å². The van der Waals surface area contributed by atoms with E-state index in [1.54, 1.807) is 12.1 Å². The Morgan fingerprint density at radius 1 is 1.21 bits per heavy atom. The maximum atomic E-state index is 14.1. The smallest absolute Gasteiger partial charge is 0.251 e. The fourth-order valence-electron chi connectivity index (χ4n) is 3.08. The molecule has 1 aliphatic carbocycles. The molecule has 126 valence electrons. The van der Waals surface area contributed by atoms with Gasteiger partial charge >= 0.3 is 0 Å². The molecule has 2 unspecified atom stereocenters. The number of carbonyl (C=O) groups is 1. The summed E-state index contributed by atoms with van der Waals surface area (Å²) in [6.45, 7) is 2.25. The first kappa shape index (κ1) is 17.2. The lowest BCUT2D eigenvalue weighted by Crippen LogP contribution is -2.33. The molecule has 0 heterocycles. The summed E-state index contributed by atoms with van der Waals surface area (Å²) in [4.78, 5) is 12.3. The van der Waals surface area contributed by atoms with E-state index in [-0.39, 0.29) is 18.4 Å². The quantitative estimate of drug-likeness (QED) is 0.808. The van der Waals surface area contributed by atoms with Crippen LogP contribution in [-0.4, -0.2) is 12.5 Å². The van der Waals surface area contributed by atoms with Gasteiger partial charge in [0.05, 0.1) is 10.0 Å². The lowest BCUT2D eigenvalue weighted by atomic mass is 9.92. The van der Waals surface area contributed by atoms with Crippen LogP contribution in [0.2, 0.25) is 10.0 Å². The van der Waals surface area contributed by atoms with E-state index in [4.69, 9.17) is 23.2 Å². The van der Waals surface area contributed by atoms with E-state index in [0.29, 0.717) is 21.2 Å². The van der Waals surface area contributed by atoms with Crippen molar-refractivity contribution in [3.05, 3.63) is 69.2 Å². The molecule has 0 aliphatic heterocycles. The van der Waals surface area contributed by atoms with Crippen LogP contribution in [0.1, 0.15) is 29.3 Å². The highest BCUT2D eigenvalue weighted by Gasteiger charge is 2.53. The van der Waals surface area contributed by atoms with Crippen LogP contribution in [0.25, 0.3) is 0 Å². The maximum Gasteiger partial charge on any atom is 0.251 e. The van der Waals surface area contributed by atoms with Gasteiger partial charge in [0.1, 0.15) is 11.6 Å². The van der Waals surface area contributed by atoms with Gasteiger partial charge in [-0.05, 0) is 42.2 Å². The summed E-state index contributed by atoms with van der Waals surface area (Å²) in [5, 5.41) is 3.48. The average Bonchev–Trinajstić information content (AvgIpc) is 3.18. The molecule has 0 bridgehead atoms. The number of hydrogen-bond donors (Lipinski definition) is 1. The molecular weight excluding hydrogens is 355 g/mol. The number of nitrogens with one attached hydrogen (secondary N) is 1. The fourth-order valence-corrected chi connectivity index (χ4v) is 3.37. The van der Waals surface area contributed by atoms with E-state index >= 15 is 0 Å². The van der Waals surface area contributed by atoms with Crippen LogP contribution in [0.5, 0.6) is 0 Å². The van der Waals surface area contributed by atoms with Gasteiger partial charge in [0, 0.05) is 23.6 Å². The Morgan fingerprint density at radius 2 is 1.92 bits per heavy atom. The Morgan fingerprint density at radius 3 is 2.50 bits per heavy atom. The highest BCUT2D eigenvalue weighted by atomic mass is 35.5. The molecule has 24 heavy (non-hydrogen) atoms. The van der Waals surface area contributed by atoms with E-state index < -0.39 is 17.0 Å². The van der Waals surface area contributed by atoms with E-state index in [9.17, 15) is 13.6 Å². The Balaban J connectivity index is 1.76. The Labute approximate surface area is 148 Å². The number of hydrogen-bond acceptors (Lipinski definition) is 1. The molecule has 0 spiro atoms. The molecule has 0 aromatic heterocycles. The van der Waals surface area contributed by atoms with Crippen LogP contribution >= 0.6 is 23.2 Å². The third kappa shape index (κ3) is 3.13. The van der Waals surface area contributed by atoms with Gasteiger partial charge in [0.25, 0.3) is 5.91 Å². The first-order valence-electron chi connectivity index (χ1n) is 7.52. The zero-order valence-corrected chi connectivity index (χ0v) is 14.4. The van der Waals surface area contributed by atoms with Gasteiger partial charge in [0.2, 0.25) is 0 Å². The van der Waals surface area contributed by atoms with Gasteiger partial charge in [-0.15, -0.1) is 0 Å². The zero-order chi connectivity index (χ0) is 17.5. The fraction of sp³-hybridized carbons (Fsp3) is 0.278. The monoisotopic (exact) mass is 369 g/mol. The molecule has 1 fully saturated rings. The molecule has 0 saturated heterocycles. The standard InChI is InChI=1S/C18H15Cl2F2NO/c1-10-8-18(10,13-4-3-12(21)7-16(13)22)9-23-17(24)11-2-5-14(19)15(20)6-11/h2-7,10H,8-9H2,1H3,(H,23,24). The second-order valence-corrected chi connectivity index (χ2v) is 7.01. The molecule has 1 amide bonds. The van der Waals surface area contributed by atoms with Crippen molar-refractivity contribution in [1.29, 1.82) is 0 Å². The normalized spacial score (nSPS) is 22.3. The number of amides is 1. The first-order valence-corrected chi connectivity index (χ1v) is 8.28. The molecular formula is C18H15Cl2F2NO. The second kappa shape index (κ2) is 6.34. The molecule has 3 rings (SSSR count). The second-order valence-electron chi connectivity index (χ2n) is 6.20. The summed E-state index contributed by atoms with van der Waals surface area (Å²) >= 11 is 11.8. The third-order valence-corrected chi connectivity index (χ3v) is 5.41.